The fourth-order valence-electron chi connectivity index (χ4n) is 2.06. The number of hydrogen-bond acceptors (Lipinski definition) is 3. The second-order valence-electron chi connectivity index (χ2n) is 5.02. The number of hydrogen-bond donors (Lipinski definition) is 1. The summed E-state index contributed by atoms with van der Waals surface area (Å²) in [5.41, 5.74) is 3.33. The predicted octanol–water partition coefficient (Wildman–Crippen LogP) is 3.57. The van der Waals surface area contributed by atoms with Crippen LogP contribution in [0.15, 0.2) is 53.4 Å². The van der Waals surface area contributed by atoms with Crippen molar-refractivity contribution in [3.8, 4) is 0 Å². The van der Waals surface area contributed by atoms with E-state index in [0.717, 1.165) is 11.3 Å². The molecule has 1 N–H and O–H groups in total. The largest absolute Gasteiger partial charge is 0.378 e. The zero-order valence-corrected chi connectivity index (χ0v) is 12.7. The molecule has 0 spiro atoms. The topological polar surface area (TPSA) is 46.2 Å². The van der Waals surface area contributed by atoms with Crippen molar-refractivity contribution in [2.75, 3.05) is 11.6 Å². The summed E-state index contributed by atoms with van der Waals surface area (Å²) in [6.07, 6.45) is 1.22. The monoisotopic (exact) mass is 289 g/mol. The van der Waals surface area contributed by atoms with E-state index >= 15 is 0 Å². The lowest BCUT2D eigenvalue weighted by Gasteiger charge is -2.17. The molecule has 0 saturated carbocycles. The van der Waals surface area contributed by atoms with Gasteiger partial charge in [0.05, 0.1) is 4.90 Å². The Bertz CT molecular complexity index is 691. The normalized spacial score (nSPS) is 12.9. The predicted molar refractivity (Wildman–Crippen MR) is 82.8 cm³/mol. The average Bonchev–Trinajstić information content (AvgIpc) is 2.40. The lowest BCUT2D eigenvalue weighted by molar-refractivity contribution is 0.602. The van der Waals surface area contributed by atoms with Gasteiger partial charge in [0.1, 0.15) is 0 Å². The summed E-state index contributed by atoms with van der Waals surface area (Å²) >= 11 is 0. The first-order chi connectivity index (χ1) is 9.38. The summed E-state index contributed by atoms with van der Waals surface area (Å²) in [4.78, 5) is 0.351. The maximum atomic E-state index is 11.4. The van der Waals surface area contributed by atoms with Crippen LogP contribution in [0.1, 0.15) is 24.1 Å². The quantitative estimate of drug-likeness (QED) is 0.936. The minimum absolute atomic E-state index is 0.115. The molecule has 1 atom stereocenters. The third-order valence-corrected chi connectivity index (χ3v) is 4.45. The van der Waals surface area contributed by atoms with Crippen LogP contribution in [0.4, 0.5) is 5.69 Å². The van der Waals surface area contributed by atoms with Crippen molar-refractivity contribution in [3.05, 3.63) is 59.7 Å². The van der Waals surface area contributed by atoms with Crippen molar-refractivity contribution in [2.45, 2.75) is 24.8 Å². The third kappa shape index (κ3) is 3.39. The van der Waals surface area contributed by atoms with Crippen LogP contribution in [-0.4, -0.2) is 14.7 Å². The van der Waals surface area contributed by atoms with Crippen molar-refractivity contribution in [2.24, 2.45) is 0 Å². The average molecular weight is 289 g/mol. The van der Waals surface area contributed by atoms with Gasteiger partial charge < -0.3 is 5.32 Å². The number of rotatable bonds is 4. The summed E-state index contributed by atoms with van der Waals surface area (Å²) in [5, 5.41) is 3.44. The zero-order valence-electron chi connectivity index (χ0n) is 11.9. The summed E-state index contributed by atoms with van der Waals surface area (Å²) in [5.74, 6) is 0. The van der Waals surface area contributed by atoms with E-state index in [1.54, 1.807) is 12.1 Å². The molecule has 2 aromatic carbocycles. The highest BCUT2D eigenvalue weighted by Gasteiger charge is 2.10. The fourth-order valence-corrected chi connectivity index (χ4v) is 2.69. The fraction of sp³-hybridized carbons (Fsp3) is 0.250. The van der Waals surface area contributed by atoms with Gasteiger partial charge in [-0.2, -0.15) is 0 Å². The summed E-state index contributed by atoms with van der Waals surface area (Å²) in [7, 11) is -3.13. The van der Waals surface area contributed by atoms with Gasteiger partial charge in [-0.1, -0.05) is 30.3 Å². The number of nitrogens with one attached hydrogen (secondary N) is 1. The van der Waals surface area contributed by atoms with E-state index < -0.39 is 9.84 Å². The Hall–Kier alpha value is -1.81. The molecule has 0 heterocycles. The number of para-hydroxylation sites is 1. The van der Waals surface area contributed by atoms with Crippen LogP contribution in [0, 0.1) is 6.92 Å². The molecular weight excluding hydrogens is 270 g/mol. The van der Waals surface area contributed by atoms with Gasteiger partial charge in [-0.25, -0.2) is 8.42 Å². The molecule has 3 nitrogen and oxygen atoms in total. The van der Waals surface area contributed by atoms with Gasteiger partial charge in [0, 0.05) is 18.0 Å². The Balaban J connectivity index is 2.18. The number of anilines is 1. The highest BCUT2D eigenvalue weighted by atomic mass is 32.2. The highest BCUT2D eigenvalue weighted by Crippen LogP contribution is 2.22. The first-order valence-electron chi connectivity index (χ1n) is 6.50. The van der Waals surface area contributed by atoms with Crippen LogP contribution >= 0.6 is 0 Å². The van der Waals surface area contributed by atoms with Gasteiger partial charge in [0.2, 0.25) is 0 Å². The Kier molecular flexibility index (Phi) is 4.14. The van der Waals surface area contributed by atoms with Crippen LogP contribution < -0.4 is 5.32 Å². The second-order valence-corrected chi connectivity index (χ2v) is 7.04. The maximum absolute atomic E-state index is 11.4. The molecule has 0 amide bonds. The molecule has 0 aromatic heterocycles. The summed E-state index contributed by atoms with van der Waals surface area (Å²) in [6, 6.07) is 15.2. The minimum atomic E-state index is -3.13. The van der Waals surface area contributed by atoms with Crippen molar-refractivity contribution >= 4 is 15.5 Å². The molecule has 4 heteroatoms. The zero-order chi connectivity index (χ0) is 14.8. The van der Waals surface area contributed by atoms with Gasteiger partial charge in [-0.3, -0.25) is 0 Å². The van der Waals surface area contributed by atoms with E-state index in [-0.39, 0.29) is 6.04 Å². The smallest absolute Gasteiger partial charge is 0.175 e. The van der Waals surface area contributed by atoms with Crippen LogP contribution in [0.25, 0.3) is 0 Å². The third-order valence-electron chi connectivity index (χ3n) is 3.33. The lowest BCUT2D eigenvalue weighted by atomic mass is 10.1. The highest BCUT2D eigenvalue weighted by molar-refractivity contribution is 7.90. The van der Waals surface area contributed by atoms with Crippen molar-refractivity contribution in [3.63, 3.8) is 0 Å². The van der Waals surface area contributed by atoms with Gasteiger partial charge in [0.25, 0.3) is 0 Å². The number of benzene rings is 2. The Labute approximate surface area is 120 Å². The molecule has 20 heavy (non-hydrogen) atoms. The number of aryl methyl sites for hydroxylation is 1. The van der Waals surface area contributed by atoms with Crippen LogP contribution in [-0.2, 0) is 9.84 Å². The van der Waals surface area contributed by atoms with E-state index in [1.165, 1.54) is 11.8 Å². The Morgan fingerprint density at radius 2 is 1.60 bits per heavy atom. The van der Waals surface area contributed by atoms with E-state index in [4.69, 9.17) is 0 Å². The van der Waals surface area contributed by atoms with Gasteiger partial charge in [0.15, 0.2) is 9.84 Å². The van der Waals surface area contributed by atoms with Gasteiger partial charge in [-0.05, 0) is 43.2 Å². The molecule has 0 radical (unpaired) electrons. The Morgan fingerprint density at radius 3 is 2.15 bits per heavy atom. The van der Waals surface area contributed by atoms with Gasteiger partial charge >= 0.3 is 0 Å². The SMILES string of the molecule is Cc1ccccc1NC(C)c1ccc(S(C)(=O)=O)cc1. The van der Waals surface area contributed by atoms with E-state index in [1.807, 2.05) is 30.3 Å². The van der Waals surface area contributed by atoms with E-state index in [2.05, 4.69) is 25.2 Å². The van der Waals surface area contributed by atoms with E-state index in [9.17, 15) is 8.42 Å². The van der Waals surface area contributed by atoms with Gasteiger partial charge in [-0.15, -0.1) is 0 Å². The second kappa shape index (κ2) is 5.67. The Morgan fingerprint density at radius 1 is 1.00 bits per heavy atom. The van der Waals surface area contributed by atoms with Crippen molar-refractivity contribution in [1.82, 2.24) is 0 Å². The first kappa shape index (κ1) is 14.6. The van der Waals surface area contributed by atoms with Crippen molar-refractivity contribution in [1.29, 1.82) is 0 Å². The summed E-state index contributed by atoms with van der Waals surface area (Å²) < 4.78 is 22.9. The summed E-state index contributed by atoms with van der Waals surface area (Å²) in [6.45, 7) is 4.11. The first-order valence-corrected chi connectivity index (χ1v) is 8.39. The molecule has 0 aliphatic carbocycles. The molecule has 2 aromatic rings. The molecule has 106 valence electrons. The van der Waals surface area contributed by atoms with E-state index in [0.29, 0.717) is 4.90 Å². The lowest BCUT2D eigenvalue weighted by Crippen LogP contribution is -2.08. The molecular formula is C16H19NO2S. The van der Waals surface area contributed by atoms with Crippen LogP contribution in [0.3, 0.4) is 0 Å². The molecule has 0 aliphatic rings. The molecule has 0 aliphatic heterocycles. The standard InChI is InChI=1S/C16H19NO2S/c1-12-6-4-5-7-16(12)17-13(2)14-8-10-15(11-9-14)20(3,18)19/h4-11,13,17H,1-3H3. The van der Waals surface area contributed by atoms with Crippen LogP contribution in [0.2, 0.25) is 0 Å². The molecule has 0 fully saturated rings. The molecule has 0 bridgehead atoms. The maximum Gasteiger partial charge on any atom is 0.175 e. The molecule has 2 rings (SSSR count). The molecule has 0 saturated heterocycles. The van der Waals surface area contributed by atoms with Crippen molar-refractivity contribution < 1.29 is 8.42 Å². The molecule has 1 unspecified atom stereocenters. The van der Waals surface area contributed by atoms with Crippen LogP contribution in [0.5, 0.6) is 0 Å². The minimum Gasteiger partial charge on any atom is -0.378 e. The number of sulfone groups is 1.